The number of fused-ring (bicyclic) bond motifs is 1. The van der Waals surface area contributed by atoms with Crippen molar-refractivity contribution in [1.82, 2.24) is 19.7 Å². The normalized spacial score (nSPS) is 10.9. The number of hydroxylamine groups is 2. The van der Waals surface area contributed by atoms with E-state index in [0.29, 0.717) is 16.9 Å². The number of rotatable bonds is 3. The zero-order valence-electron chi connectivity index (χ0n) is 12.6. The van der Waals surface area contributed by atoms with Crippen LogP contribution in [0.3, 0.4) is 0 Å². The SMILES string of the molecule is CON(C)C(=O)c1cn2nc(C)cc2nc1-c1ccccc1. The van der Waals surface area contributed by atoms with E-state index in [9.17, 15) is 4.79 Å². The summed E-state index contributed by atoms with van der Waals surface area (Å²) in [5, 5.41) is 5.49. The molecular weight excluding hydrogens is 280 g/mol. The Morgan fingerprint density at radius 1 is 1.27 bits per heavy atom. The average molecular weight is 296 g/mol. The molecule has 0 aliphatic heterocycles. The Labute approximate surface area is 127 Å². The highest BCUT2D eigenvalue weighted by Crippen LogP contribution is 2.23. The molecule has 0 unspecified atom stereocenters. The van der Waals surface area contributed by atoms with Gasteiger partial charge in [0.15, 0.2) is 5.65 Å². The summed E-state index contributed by atoms with van der Waals surface area (Å²) >= 11 is 0. The Morgan fingerprint density at radius 3 is 2.68 bits per heavy atom. The Bertz CT molecular complexity index is 827. The summed E-state index contributed by atoms with van der Waals surface area (Å²) in [5.41, 5.74) is 3.47. The zero-order valence-corrected chi connectivity index (χ0v) is 12.6. The van der Waals surface area contributed by atoms with Crippen molar-refractivity contribution in [1.29, 1.82) is 0 Å². The fourth-order valence-corrected chi connectivity index (χ4v) is 2.26. The number of benzene rings is 1. The summed E-state index contributed by atoms with van der Waals surface area (Å²) < 4.78 is 1.61. The van der Waals surface area contributed by atoms with E-state index in [1.165, 1.54) is 12.2 Å². The van der Waals surface area contributed by atoms with Gasteiger partial charge in [-0.05, 0) is 6.92 Å². The van der Waals surface area contributed by atoms with Crippen molar-refractivity contribution in [2.45, 2.75) is 6.92 Å². The van der Waals surface area contributed by atoms with Gasteiger partial charge in [-0.3, -0.25) is 9.63 Å². The van der Waals surface area contributed by atoms with Crippen LogP contribution in [-0.4, -0.2) is 39.7 Å². The third kappa shape index (κ3) is 2.44. The Morgan fingerprint density at radius 2 is 2.00 bits per heavy atom. The molecule has 112 valence electrons. The lowest BCUT2D eigenvalue weighted by atomic mass is 10.1. The quantitative estimate of drug-likeness (QED) is 0.696. The van der Waals surface area contributed by atoms with E-state index in [2.05, 4.69) is 10.1 Å². The van der Waals surface area contributed by atoms with Crippen LogP contribution in [0.15, 0.2) is 42.6 Å². The van der Waals surface area contributed by atoms with Gasteiger partial charge < -0.3 is 0 Å². The molecule has 1 amide bonds. The van der Waals surface area contributed by atoms with Crippen LogP contribution in [0, 0.1) is 6.92 Å². The van der Waals surface area contributed by atoms with Gasteiger partial charge in [0.1, 0.15) is 0 Å². The molecule has 0 spiro atoms. The van der Waals surface area contributed by atoms with Crippen molar-refractivity contribution in [2.75, 3.05) is 14.2 Å². The molecular formula is C16H16N4O2. The highest BCUT2D eigenvalue weighted by Gasteiger charge is 2.20. The van der Waals surface area contributed by atoms with Crippen LogP contribution >= 0.6 is 0 Å². The number of hydrogen-bond acceptors (Lipinski definition) is 4. The monoisotopic (exact) mass is 296 g/mol. The fraction of sp³-hybridized carbons (Fsp3) is 0.188. The fourth-order valence-electron chi connectivity index (χ4n) is 2.26. The first-order chi connectivity index (χ1) is 10.6. The van der Waals surface area contributed by atoms with Gasteiger partial charge in [-0.15, -0.1) is 0 Å². The predicted molar refractivity (Wildman–Crippen MR) is 82.3 cm³/mol. The maximum Gasteiger partial charge on any atom is 0.280 e. The highest BCUT2D eigenvalue weighted by atomic mass is 16.7. The minimum atomic E-state index is -0.274. The van der Waals surface area contributed by atoms with E-state index in [-0.39, 0.29) is 5.91 Å². The van der Waals surface area contributed by atoms with E-state index >= 15 is 0 Å². The smallest absolute Gasteiger partial charge is 0.274 e. The number of carbonyl (C=O) groups is 1. The van der Waals surface area contributed by atoms with Crippen LogP contribution in [0.4, 0.5) is 0 Å². The predicted octanol–water partition coefficient (Wildman–Crippen LogP) is 2.34. The van der Waals surface area contributed by atoms with Gasteiger partial charge in [-0.25, -0.2) is 14.6 Å². The molecule has 6 heteroatoms. The molecule has 22 heavy (non-hydrogen) atoms. The maximum absolute atomic E-state index is 12.5. The van der Waals surface area contributed by atoms with Gasteiger partial charge in [0.05, 0.1) is 24.1 Å². The van der Waals surface area contributed by atoms with Crippen molar-refractivity contribution < 1.29 is 9.63 Å². The summed E-state index contributed by atoms with van der Waals surface area (Å²) in [6, 6.07) is 11.5. The van der Waals surface area contributed by atoms with Gasteiger partial charge in [0.25, 0.3) is 5.91 Å². The summed E-state index contributed by atoms with van der Waals surface area (Å²) in [7, 11) is 3.01. The largest absolute Gasteiger partial charge is 0.280 e. The van der Waals surface area contributed by atoms with Crippen LogP contribution in [0.5, 0.6) is 0 Å². The van der Waals surface area contributed by atoms with Crippen LogP contribution in [0.2, 0.25) is 0 Å². The molecule has 3 rings (SSSR count). The number of hydrogen-bond donors (Lipinski definition) is 0. The second-order valence-electron chi connectivity index (χ2n) is 4.94. The molecule has 0 saturated carbocycles. The molecule has 2 aromatic heterocycles. The van der Waals surface area contributed by atoms with Crippen molar-refractivity contribution in [3.8, 4) is 11.3 Å². The summed E-state index contributed by atoms with van der Waals surface area (Å²) in [6.45, 7) is 1.89. The van der Waals surface area contributed by atoms with Gasteiger partial charge in [0, 0.05) is 24.9 Å². The molecule has 2 heterocycles. The van der Waals surface area contributed by atoms with Gasteiger partial charge >= 0.3 is 0 Å². The van der Waals surface area contributed by atoms with E-state index in [1.54, 1.807) is 17.8 Å². The topological polar surface area (TPSA) is 59.7 Å². The molecule has 1 aromatic carbocycles. The lowest BCUT2D eigenvalue weighted by molar-refractivity contribution is -0.0757. The van der Waals surface area contributed by atoms with Crippen LogP contribution < -0.4 is 0 Å². The minimum Gasteiger partial charge on any atom is -0.274 e. The number of nitrogens with zero attached hydrogens (tertiary/aromatic N) is 4. The number of aromatic nitrogens is 3. The zero-order chi connectivity index (χ0) is 15.7. The summed E-state index contributed by atoms with van der Waals surface area (Å²) in [4.78, 5) is 22.1. The van der Waals surface area contributed by atoms with E-state index in [4.69, 9.17) is 4.84 Å². The van der Waals surface area contributed by atoms with Crippen LogP contribution in [0.25, 0.3) is 16.9 Å². The maximum atomic E-state index is 12.5. The van der Waals surface area contributed by atoms with Crippen LogP contribution in [-0.2, 0) is 4.84 Å². The molecule has 0 aliphatic carbocycles. The van der Waals surface area contributed by atoms with Gasteiger partial charge in [0.2, 0.25) is 0 Å². The van der Waals surface area contributed by atoms with Gasteiger partial charge in [-0.2, -0.15) is 5.10 Å². The molecule has 3 aromatic rings. The number of carbonyl (C=O) groups excluding carboxylic acids is 1. The second-order valence-corrected chi connectivity index (χ2v) is 4.94. The third-order valence-corrected chi connectivity index (χ3v) is 3.41. The van der Waals surface area contributed by atoms with Crippen molar-refractivity contribution >= 4 is 11.6 Å². The molecule has 0 saturated heterocycles. The lowest BCUT2D eigenvalue weighted by Gasteiger charge is -2.16. The van der Waals surface area contributed by atoms with Crippen LogP contribution in [0.1, 0.15) is 16.1 Å². The van der Waals surface area contributed by atoms with E-state index < -0.39 is 0 Å². The first-order valence-electron chi connectivity index (χ1n) is 6.85. The number of amides is 1. The van der Waals surface area contributed by atoms with Crippen molar-refractivity contribution in [3.63, 3.8) is 0 Å². The second kappa shape index (κ2) is 5.57. The summed E-state index contributed by atoms with van der Waals surface area (Å²) in [5.74, 6) is -0.274. The Kier molecular flexibility index (Phi) is 3.60. The highest BCUT2D eigenvalue weighted by molar-refractivity contribution is 5.99. The van der Waals surface area contributed by atoms with E-state index in [0.717, 1.165) is 11.3 Å². The molecule has 0 N–H and O–H groups in total. The lowest BCUT2D eigenvalue weighted by Crippen LogP contribution is -2.26. The average Bonchev–Trinajstić information content (AvgIpc) is 2.92. The molecule has 0 fully saturated rings. The molecule has 0 radical (unpaired) electrons. The van der Waals surface area contributed by atoms with Crippen molar-refractivity contribution in [2.24, 2.45) is 0 Å². The first-order valence-corrected chi connectivity index (χ1v) is 6.85. The van der Waals surface area contributed by atoms with E-state index in [1.807, 2.05) is 43.3 Å². The number of aryl methyl sites for hydroxylation is 1. The first kappa shape index (κ1) is 14.2. The molecule has 0 bridgehead atoms. The molecule has 0 aliphatic rings. The summed E-state index contributed by atoms with van der Waals surface area (Å²) in [6.07, 6.45) is 1.69. The van der Waals surface area contributed by atoms with Crippen molar-refractivity contribution in [3.05, 3.63) is 53.9 Å². The standard InChI is InChI=1S/C16H16N4O2/c1-11-9-14-17-15(12-7-5-4-6-8-12)13(10-20(14)18-11)16(21)19(2)22-3/h4-10H,1-3H3. The molecule has 6 nitrogen and oxygen atoms in total. The molecule has 0 atom stereocenters. The Hall–Kier alpha value is -2.73. The Balaban J connectivity index is 2.25. The minimum absolute atomic E-state index is 0.274. The van der Waals surface area contributed by atoms with Gasteiger partial charge in [-0.1, -0.05) is 30.3 Å². The third-order valence-electron chi connectivity index (χ3n) is 3.41.